The molecular formula is C22H27N3O. The number of rotatable bonds is 3. The van der Waals surface area contributed by atoms with Crippen LogP contribution in [-0.2, 0) is 0 Å². The average molecular weight is 349 g/mol. The average Bonchev–Trinajstić information content (AvgIpc) is 3.06. The van der Waals surface area contributed by atoms with Gasteiger partial charge in [0.2, 0.25) is 0 Å². The van der Waals surface area contributed by atoms with Gasteiger partial charge in [-0.1, -0.05) is 30.3 Å². The van der Waals surface area contributed by atoms with Gasteiger partial charge in [0.05, 0.1) is 11.3 Å². The van der Waals surface area contributed by atoms with E-state index < -0.39 is 0 Å². The summed E-state index contributed by atoms with van der Waals surface area (Å²) in [6.07, 6.45) is 2.22. The molecule has 4 nitrogen and oxygen atoms in total. The van der Waals surface area contributed by atoms with Gasteiger partial charge in [0.15, 0.2) is 0 Å². The third-order valence-corrected chi connectivity index (χ3v) is 5.95. The standard InChI is InChI=1S/C22H27N3O/c1-24(19-7-3-2-4-8-19)21-10-6-5-9-20(21)22(26)25-13-11-17-15-23-16-18(17)12-14-25/h2-10,17-18,23H,11-16H2,1H3/t17-,18+. The Morgan fingerprint density at radius 2 is 1.58 bits per heavy atom. The lowest BCUT2D eigenvalue weighted by Gasteiger charge is -2.26. The predicted octanol–water partition coefficient (Wildman–Crippen LogP) is 3.53. The first-order chi connectivity index (χ1) is 12.7. The maximum Gasteiger partial charge on any atom is 0.255 e. The highest BCUT2D eigenvalue weighted by molar-refractivity contribution is 6.00. The second-order valence-electron chi connectivity index (χ2n) is 7.46. The Balaban J connectivity index is 1.57. The number of hydrogen-bond donors (Lipinski definition) is 1. The molecule has 0 radical (unpaired) electrons. The molecule has 2 atom stereocenters. The van der Waals surface area contributed by atoms with E-state index in [-0.39, 0.29) is 5.91 Å². The monoisotopic (exact) mass is 349 g/mol. The van der Waals surface area contributed by atoms with E-state index in [4.69, 9.17) is 0 Å². The van der Waals surface area contributed by atoms with Crippen LogP contribution in [-0.4, -0.2) is 44.0 Å². The summed E-state index contributed by atoms with van der Waals surface area (Å²) in [5.74, 6) is 1.63. The van der Waals surface area contributed by atoms with E-state index in [2.05, 4.69) is 27.2 Å². The van der Waals surface area contributed by atoms with Crippen molar-refractivity contribution < 1.29 is 4.79 Å². The number of benzene rings is 2. The van der Waals surface area contributed by atoms with Crippen molar-refractivity contribution in [3.05, 3.63) is 60.2 Å². The minimum Gasteiger partial charge on any atom is -0.344 e. The molecule has 0 aliphatic carbocycles. The number of carbonyl (C=O) groups is 1. The van der Waals surface area contributed by atoms with Crippen LogP contribution in [0.3, 0.4) is 0 Å². The van der Waals surface area contributed by atoms with Crippen molar-refractivity contribution in [3.63, 3.8) is 0 Å². The zero-order chi connectivity index (χ0) is 17.9. The van der Waals surface area contributed by atoms with Gasteiger partial charge < -0.3 is 15.1 Å². The number of likely N-dealkylation sites (tertiary alicyclic amines) is 1. The number of nitrogens with one attached hydrogen (secondary N) is 1. The van der Waals surface area contributed by atoms with E-state index in [0.29, 0.717) is 0 Å². The minimum atomic E-state index is 0.163. The highest BCUT2D eigenvalue weighted by atomic mass is 16.2. The zero-order valence-corrected chi connectivity index (χ0v) is 15.4. The van der Waals surface area contributed by atoms with E-state index >= 15 is 0 Å². The number of anilines is 2. The van der Waals surface area contributed by atoms with E-state index in [0.717, 1.165) is 67.8 Å². The highest BCUT2D eigenvalue weighted by Crippen LogP contribution is 2.31. The smallest absolute Gasteiger partial charge is 0.255 e. The van der Waals surface area contributed by atoms with Gasteiger partial charge in [-0.3, -0.25) is 4.79 Å². The number of amides is 1. The first-order valence-corrected chi connectivity index (χ1v) is 9.62. The van der Waals surface area contributed by atoms with Gasteiger partial charge in [-0.25, -0.2) is 0 Å². The summed E-state index contributed by atoms with van der Waals surface area (Å²) in [5.41, 5.74) is 2.85. The summed E-state index contributed by atoms with van der Waals surface area (Å²) in [6, 6.07) is 18.2. The first kappa shape index (κ1) is 17.1. The quantitative estimate of drug-likeness (QED) is 0.921. The number of para-hydroxylation sites is 2. The molecule has 2 saturated heterocycles. The molecule has 4 rings (SSSR count). The van der Waals surface area contributed by atoms with Crippen LogP contribution in [0.5, 0.6) is 0 Å². The van der Waals surface area contributed by atoms with Crippen LogP contribution in [0.2, 0.25) is 0 Å². The Hall–Kier alpha value is -2.33. The Labute approximate surface area is 155 Å². The molecule has 0 saturated carbocycles. The molecule has 1 amide bonds. The van der Waals surface area contributed by atoms with E-state index in [1.165, 1.54) is 0 Å². The van der Waals surface area contributed by atoms with Crippen LogP contribution in [0.4, 0.5) is 11.4 Å². The fourth-order valence-electron chi connectivity index (χ4n) is 4.33. The Morgan fingerprint density at radius 1 is 0.962 bits per heavy atom. The maximum absolute atomic E-state index is 13.3. The SMILES string of the molecule is CN(c1ccccc1)c1ccccc1C(=O)N1CC[C@@H]2CNC[C@@H]2CC1. The third-order valence-electron chi connectivity index (χ3n) is 5.95. The van der Waals surface area contributed by atoms with Crippen molar-refractivity contribution in [2.45, 2.75) is 12.8 Å². The maximum atomic E-state index is 13.3. The van der Waals surface area contributed by atoms with Crippen LogP contribution >= 0.6 is 0 Å². The van der Waals surface area contributed by atoms with Gasteiger partial charge in [0.1, 0.15) is 0 Å². The molecule has 2 aromatic rings. The van der Waals surface area contributed by atoms with Crippen LogP contribution in [0, 0.1) is 11.8 Å². The fraction of sp³-hybridized carbons (Fsp3) is 0.409. The fourth-order valence-corrected chi connectivity index (χ4v) is 4.33. The molecule has 136 valence electrons. The van der Waals surface area contributed by atoms with Crippen LogP contribution in [0.15, 0.2) is 54.6 Å². The summed E-state index contributed by atoms with van der Waals surface area (Å²) >= 11 is 0. The lowest BCUT2D eigenvalue weighted by atomic mass is 9.92. The van der Waals surface area contributed by atoms with Crippen LogP contribution < -0.4 is 10.2 Å². The number of fused-ring (bicyclic) bond motifs is 1. The first-order valence-electron chi connectivity index (χ1n) is 9.62. The van der Waals surface area contributed by atoms with Crippen molar-refractivity contribution in [1.82, 2.24) is 10.2 Å². The van der Waals surface area contributed by atoms with Crippen molar-refractivity contribution in [2.75, 3.05) is 38.1 Å². The summed E-state index contributed by atoms with van der Waals surface area (Å²) in [6.45, 7) is 3.95. The lowest BCUT2D eigenvalue weighted by molar-refractivity contribution is 0.0759. The van der Waals surface area contributed by atoms with Gasteiger partial charge in [0, 0.05) is 25.8 Å². The number of nitrogens with zero attached hydrogens (tertiary/aromatic N) is 2. The third kappa shape index (κ3) is 3.34. The second-order valence-corrected chi connectivity index (χ2v) is 7.46. The molecule has 2 fully saturated rings. The summed E-state index contributed by atoms with van der Waals surface area (Å²) in [4.78, 5) is 17.5. The Bertz CT molecular complexity index is 747. The van der Waals surface area contributed by atoms with E-state index in [9.17, 15) is 4.79 Å². The Kier molecular flexibility index (Phi) is 4.93. The van der Waals surface area contributed by atoms with Crippen LogP contribution in [0.1, 0.15) is 23.2 Å². The van der Waals surface area contributed by atoms with Crippen molar-refractivity contribution in [3.8, 4) is 0 Å². The zero-order valence-electron chi connectivity index (χ0n) is 15.4. The van der Waals surface area contributed by atoms with Crippen LogP contribution in [0.25, 0.3) is 0 Å². The van der Waals surface area contributed by atoms with Gasteiger partial charge in [-0.15, -0.1) is 0 Å². The topological polar surface area (TPSA) is 35.6 Å². The van der Waals surface area contributed by atoms with Crippen molar-refractivity contribution in [1.29, 1.82) is 0 Å². The molecule has 4 heteroatoms. The molecule has 2 heterocycles. The summed E-state index contributed by atoms with van der Waals surface area (Å²) < 4.78 is 0. The molecule has 0 unspecified atom stereocenters. The van der Waals surface area contributed by atoms with E-state index in [1.54, 1.807) is 0 Å². The van der Waals surface area contributed by atoms with Gasteiger partial charge in [-0.2, -0.15) is 0 Å². The van der Waals surface area contributed by atoms with E-state index in [1.807, 2.05) is 49.5 Å². The van der Waals surface area contributed by atoms with Gasteiger partial charge >= 0.3 is 0 Å². The Morgan fingerprint density at radius 3 is 2.27 bits per heavy atom. The largest absolute Gasteiger partial charge is 0.344 e. The molecule has 2 aliphatic rings. The summed E-state index contributed by atoms with van der Waals surface area (Å²) in [7, 11) is 2.03. The molecule has 2 aromatic carbocycles. The second kappa shape index (κ2) is 7.50. The summed E-state index contributed by atoms with van der Waals surface area (Å²) in [5, 5.41) is 3.50. The van der Waals surface area contributed by atoms with Gasteiger partial charge in [0.25, 0.3) is 5.91 Å². The molecule has 26 heavy (non-hydrogen) atoms. The number of carbonyl (C=O) groups excluding carboxylic acids is 1. The minimum absolute atomic E-state index is 0.163. The molecule has 1 N–H and O–H groups in total. The highest BCUT2D eigenvalue weighted by Gasteiger charge is 2.32. The number of hydrogen-bond acceptors (Lipinski definition) is 3. The predicted molar refractivity (Wildman–Crippen MR) is 106 cm³/mol. The van der Waals surface area contributed by atoms with Crippen molar-refractivity contribution in [2.24, 2.45) is 11.8 Å². The molecule has 0 spiro atoms. The molecular weight excluding hydrogens is 322 g/mol. The molecule has 2 aliphatic heterocycles. The van der Waals surface area contributed by atoms with Gasteiger partial charge in [-0.05, 0) is 62.0 Å². The molecule has 0 bridgehead atoms. The lowest BCUT2D eigenvalue weighted by Crippen LogP contribution is -2.33. The molecule has 0 aromatic heterocycles. The normalized spacial score (nSPS) is 22.6. The van der Waals surface area contributed by atoms with Crippen molar-refractivity contribution >= 4 is 17.3 Å².